The van der Waals surface area contributed by atoms with Crippen LogP contribution in [-0.4, -0.2) is 54.7 Å². The van der Waals surface area contributed by atoms with Gasteiger partial charge in [0.2, 0.25) is 12.3 Å². The third-order valence-electron chi connectivity index (χ3n) is 6.79. The van der Waals surface area contributed by atoms with Crippen molar-refractivity contribution in [1.82, 2.24) is 19.6 Å². The first-order valence-electron chi connectivity index (χ1n) is 11.5. The molecular formula is C24H23N5O7S. The van der Waals surface area contributed by atoms with E-state index in [1.165, 1.54) is 40.5 Å². The van der Waals surface area contributed by atoms with Crippen molar-refractivity contribution in [1.29, 1.82) is 0 Å². The van der Waals surface area contributed by atoms with Gasteiger partial charge in [-0.15, -0.1) is 11.3 Å². The molecule has 192 valence electrons. The molecule has 1 fully saturated rings. The lowest BCUT2D eigenvalue weighted by Gasteiger charge is -2.46. The molecule has 0 spiro atoms. The average molecular weight is 526 g/mol. The number of nitrogens with one attached hydrogen (secondary N) is 1. The zero-order chi connectivity index (χ0) is 26.4. The lowest BCUT2D eigenvalue weighted by Crippen LogP contribution is -2.63. The molecular weight excluding hydrogens is 502 g/mol. The number of benzene rings is 1. The number of ether oxygens (including phenoxy) is 1. The topological polar surface area (TPSA) is 156 Å². The van der Waals surface area contributed by atoms with Crippen LogP contribution in [-0.2, 0) is 32.3 Å². The van der Waals surface area contributed by atoms with Crippen molar-refractivity contribution in [2.24, 2.45) is 11.8 Å². The average Bonchev–Trinajstić information content (AvgIpc) is 3.51. The van der Waals surface area contributed by atoms with Gasteiger partial charge in [0.15, 0.2) is 0 Å². The minimum absolute atomic E-state index is 0.0748. The van der Waals surface area contributed by atoms with Crippen molar-refractivity contribution in [2.45, 2.75) is 39.1 Å². The van der Waals surface area contributed by atoms with E-state index < -0.39 is 22.9 Å². The number of carbonyl (C=O) groups is 3. The molecule has 1 saturated heterocycles. The van der Waals surface area contributed by atoms with E-state index in [0.29, 0.717) is 23.4 Å². The molecule has 1 unspecified atom stereocenters. The van der Waals surface area contributed by atoms with Crippen LogP contribution in [0.1, 0.15) is 30.1 Å². The van der Waals surface area contributed by atoms with Crippen molar-refractivity contribution in [3.05, 3.63) is 68.7 Å². The Balaban J connectivity index is 1.49. The Morgan fingerprint density at radius 3 is 2.76 bits per heavy atom. The highest BCUT2D eigenvalue weighted by Crippen LogP contribution is 2.51. The van der Waals surface area contributed by atoms with E-state index in [0.717, 1.165) is 9.71 Å². The number of esters is 1. The maximum absolute atomic E-state index is 13.4. The molecule has 0 bridgehead atoms. The van der Waals surface area contributed by atoms with E-state index >= 15 is 0 Å². The van der Waals surface area contributed by atoms with Gasteiger partial charge < -0.3 is 20.1 Å². The van der Waals surface area contributed by atoms with E-state index in [1.54, 1.807) is 13.1 Å². The van der Waals surface area contributed by atoms with Gasteiger partial charge in [-0.2, -0.15) is 0 Å². The number of aromatic nitrogens is 2. The fraction of sp³-hybridized carbons (Fsp3) is 0.333. The van der Waals surface area contributed by atoms with Gasteiger partial charge in [0.25, 0.3) is 5.69 Å². The van der Waals surface area contributed by atoms with Crippen LogP contribution in [0.4, 0.5) is 5.69 Å². The first kappa shape index (κ1) is 24.6. The highest BCUT2D eigenvalue weighted by molar-refractivity contribution is 7.18. The predicted octanol–water partition coefficient (Wildman–Crippen LogP) is 1.86. The van der Waals surface area contributed by atoms with Gasteiger partial charge in [0.05, 0.1) is 40.6 Å². The monoisotopic (exact) mass is 525 g/mol. The molecule has 0 radical (unpaired) electrons. The number of fused-ring (bicyclic) bond motifs is 2. The van der Waals surface area contributed by atoms with Crippen LogP contribution in [0.3, 0.4) is 0 Å². The van der Waals surface area contributed by atoms with Crippen molar-refractivity contribution in [3.63, 3.8) is 0 Å². The quantitative estimate of drug-likeness (QED) is 0.141. The number of non-ortho nitro benzene ring substituents is 1. The van der Waals surface area contributed by atoms with Crippen molar-refractivity contribution >= 4 is 45.7 Å². The minimum atomic E-state index is -0.878. The number of hydrogen-bond acceptors (Lipinski definition) is 9. The first-order chi connectivity index (χ1) is 17.7. The predicted molar refractivity (Wildman–Crippen MR) is 131 cm³/mol. The smallest absolute Gasteiger partial charge is 0.355 e. The molecule has 0 saturated carbocycles. The molecule has 37 heavy (non-hydrogen) atoms. The molecule has 2 aromatic heterocycles. The van der Waals surface area contributed by atoms with Gasteiger partial charge in [-0.3, -0.25) is 24.1 Å². The van der Waals surface area contributed by atoms with Crippen molar-refractivity contribution < 1.29 is 29.2 Å². The summed E-state index contributed by atoms with van der Waals surface area (Å²) >= 11 is 1.39. The second-order valence-corrected chi connectivity index (χ2v) is 10.1. The zero-order valence-corrected chi connectivity index (χ0v) is 20.7. The van der Waals surface area contributed by atoms with Crippen LogP contribution < -0.4 is 5.32 Å². The fourth-order valence-corrected chi connectivity index (χ4v) is 6.19. The first-order valence-corrected chi connectivity index (χ1v) is 12.3. The number of rotatable bonds is 9. The van der Waals surface area contributed by atoms with Gasteiger partial charge >= 0.3 is 5.97 Å². The summed E-state index contributed by atoms with van der Waals surface area (Å²) < 4.78 is 7.37. The Hall–Kier alpha value is -4.10. The van der Waals surface area contributed by atoms with Gasteiger partial charge in [0.1, 0.15) is 23.0 Å². The minimum Gasteiger partial charge on any atom is -0.456 e. The normalized spacial score (nSPS) is 21.5. The van der Waals surface area contributed by atoms with E-state index in [9.17, 15) is 29.6 Å². The van der Waals surface area contributed by atoms with Crippen LogP contribution in [0, 0.1) is 22.0 Å². The molecule has 4 atom stereocenters. The zero-order valence-electron chi connectivity index (χ0n) is 19.9. The van der Waals surface area contributed by atoms with Crippen molar-refractivity contribution in [2.75, 3.05) is 0 Å². The molecule has 1 aromatic carbocycles. The molecule has 2 aliphatic heterocycles. The second-order valence-electron chi connectivity index (χ2n) is 8.99. The van der Waals surface area contributed by atoms with Gasteiger partial charge in [-0.05, 0) is 24.6 Å². The van der Waals surface area contributed by atoms with Crippen LogP contribution in [0.2, 0.25) is 0 Å². The van der Waals surface area contributed by atoms with Crippen LogP contribution in [0.5, 0.6) is 0 Å². The highest BCUT2D eigenvalue weighted by atomic mass is 32.1. The summed E-state index contributed by atoms with van der Waals surface area (Å²) in [4.78, 5) is 54.7. The van der Waals surface area contributed by atoms with Crippen LogP contribution >= 0.6 is 11.3 Å². The molecule has 2 N–H and O–H groups in total. The van der Waals surface area contributed by atoms with E-state index in [4.69, 9.17) is 4.74 Å². The number of β-lactam (4-membered cyclic amide) rings is 1. The maximum Gasteiger partial charge on any atom is 0.355 e. The summed E-state index contributed by atoms with van der Waals surface area (Å²) in [6, 6.07) is 5.27. The number of imidazole rings is 1. The summed E-state index contributed by atoms with van der Waals surface area (Å²) in [7, 11) is 0. The van der Waals surface area contributed by atoms with E-state index in [1.807, 2.05) is 17.5 Å². The Morgan fingerprint density at radius 2 is 2.11 bits per heavy atom. The molecule has 0 aliphatic carbocycles. The summed E-state index contributed by atoms with van der Waals surface area (Å²) in [5.74, 6) is -1.32. The number of nitro benzene ring substituents is 1. The molecule has 5 rings (SSSR count). The Labute approximate surface area is 214 Å². The Kier molecular flexibility index (Phi) is 6.25. The van der Waals surface area contributed by atoms with Gasteiger partial charge in [-0.1, -0.05) is 6.92 Å². The standard InChI is InChI=1S/C24H23N5O7S/c1-12-19(16-9-27-17(7-25-11-30)26-8-18(27)37-16)22(28-21(12)20(13(2)31)23(28)32)24(33)36-10-14-3-5-15(6-4-14)29(34)35/h3-6,8-9,11-13,20-21,31H,7,10H2,1-2H3,(H,25,30)/t12-,13+,20+,21?/m0/s1. The number of hydrogen-bond donors (Lipinski definition) is 2. The number of aliphatic hydroxyl groups is 1. The van der Waals surface area contributed by atoms with Crippen LogP contribution in [0.15, 0.2) is 42.4 Å². The SMILES string of the molecule is C[C@H]1C(c2cn3c(CNC=O)ncc3s2)=C(C(=O)OCc2ccc([N+](=O)[O-])cc2)N2C(=O)[C@H]([C@@H](C)O)C12. The third-order valence-corrected chi connectivity index (χ3v) is 7.85. The maximum atomic E-state index is 13.4. The number of aliphatic hydroxyl groups excluding tert-OH is 1. The number of nitro groups is 1. The molecule has 2 amide bonds. The van der Waals surface area contributed by atoms with Gasteiger partial charge in [-0.25, -0.2) is 9.78 Å². The summed E-state index contributed by atoms with van der Waals surface area (Å²) in [6.07, 6.45) is 3.19. The molecule has 3 aromatic rings. The van der Waals surface area contributed by atoms with E-state index in [2.05, 4.69) is 10.3 Å². The fourth-order valence-electron chi connectivity index (χ4n) is 5.05. The lowest BCUT2D eigenvalue weighted by molar-refractivity contribution is -0.384. The van der Waals surface area contributed by atoms with Crippen molar-refractivity contribution in [3.8, 4) is 0 Å². The third kappa shape index (κ3) is 4.05. The Morgan fingerprint density at radius 1 is 1.38 bits per heavy atom. The molecule has 13 heteroatoms. The highest BCUT2D eigenvalue weighted by Gasteiger charge is 2.60. The number of thiazole rings is 1. The molecule has 12 nitrogen and oxygen atoms in total. The molecule has 2 aliphatic rings. The summed E-state index contributed by atoms with van der Waals surface area (Å²) in [6.45, 7) is 3.56. The number of nitrogens with zero attached hydrogens (tertiary/aromatic N) is 4. The summed E-state index contributed by atoms with van der Waals surface area (Å²) in [5.41, 5.74) is 1.25. The second kappa shape index (κ2) is 9.41. The Bertz CT molecular complexity index is 1440. The molecule has 4 heterocycles. The summed E-state index contributed by atoms with van der Waals surface area (Å²) in [5, 5.41) is 23.7. The lowest BCUT2D eigenvalue weighted by atomic mass is 9.77. The largest absolute Gasteiger partial charge is 0.456 e. The van der Waals surface area contributed by atoms with Gasteiger partial charge in [0, 0.05) is 29.8 Å². The van der Waals surface area contributed by atoms with E-state index in [-0.39, 0.29) is 42.4 Å². The number of carbonyl (C=O) groups excluding carboxylic acids is 3. The van der Waals surface area contributed by atoms with Crippen LogP contribution in [0.25, 0.3) is 10.4 Å². The number of amides is 2.